The number of carbonyl (C=O) groups is 1. The zero-order chi connectivity index (χ0) is 20.3. The third-order valence-corrected chi connectivity index (χ3v) is 6.31. The van der Waals surface area contributed by atoms with Gasteiger partial charge in [-0.05, 0) is 46.5 Å². The Bertz CT molecular complexity index is 649. The van der Waals surface area contributed by atoms with Crippen LogP contribution in [0.2, 0.25) is 0 Å². The van der Waals surface area contributed by atoms with Crippen molar-refractivity contribution in [2.24, 2.45) is 5.41 Å². The van der Waals surface area contributed by atoms with E-state index in [1.54, 1.807) is 0 Å². The Balaban J connectivity index is 2.29. The minimum Gasteiger partial charge on any atom is -0.400 e. The van der Waals surface area contributed by atoms with Crippen molar-refractivity contribution in [1.82, 2.24) is 0 Å². The molecule has 1 aromatic carbocycles. The van der Waals surface area contributed by atoms with Crippen LogP contribution >= 0.6 is 0 Å². The summed E-state index contributed by atoms with van der Waals surface area (Å²) in [6.45, 7) is 16.6. The summed E-state index contributed by atoms with van der Waals surface area (Å²) >= 11 is 0. The molecule has 1 unspecified atom stereocenters. The third-order valence-electron chi connectivity index (χ3n) is 6.31. The molecule has 0 amide bonds. The molecule has 0 spiro atoms. The summed E-state index contributed by atoms with van der Waals surface area (Å²) in [5, 5.41) is 0. The lowest BCUT2D eigenvalue weighted by molar-refractivity contribution is 0.00578. The van der Waals surface area contributed by atoms with Crippen molar-refractivity contribution in [3.63, 3.8) is 0 Å². The van der Waals surface area contributed by atoms with Gasteiger partial charge in [0, 0.05) is 11.0 Å². The van der Waals surface area contributed by atoms with Crippen LogP contribution in [-0.2, 0) is 9.31 Å². The highest BCUT2D eigenvalue weighted by Crippen LogP contribution is 2.44. The molecule has 0 N–H and O–H groups in total. The van der Waals surface area contributed by atoms with Gasteiger partial charge >= 0.3 is 7.12 Å². The predicted octanol–water partition coefficient (Wildman–Crippen LogP) is 6.03. The van der Waals surface area contributed by atoms with E-state index in [1.807, 2.05) is 65.0 Å². The van der Waals surface area contributed by atoms with E-state index < -0.39 is 23.7 Å². The molecule has 148 valence electrons. The number of carbonyl (C=O) groups excluding carboxylic acids is 1. The van der Waals surface area contributed by atoms with Crippen LogP contribution in [0.15, 0.2) is 42.4 Å². The average molecular weight is 370 g/mol. The van der Waals surface area contributed by atoms with Gasteiger partial charge in [0.25, 0.3) is 0 Å². The maximum Gasteiger partial charge on any atom is 0.490 e. The van der Waals surface area contributed by atoms with Crippen molar-refractivity contribution in [2.75, 3.05) is 0 Å². The van der Waals surface area contributed by atoms with Crippen molar-refractivity contribution < 1.29 is 14.1 Å². The van der Waals surface area contributed by atoms with Gasteiger partial charge in [0.1, 0.15) is 0 Å². The van der Waals surface area contributed by atoms with E-state index in [0.29, 0.717) is 5.56 Å². The normalized spacial score (nSPS) is 20.3. The Kier molecular flexibility index (Phi) is 6.75. The van der Waals surface area contributed by atoms with E-state index in [9.17, 15) is 4.79 Å². The van der Waals surface area contributed by atoms with Gasteiger partial charge in [-0.25, -0.2) is 0 Å². The van der Waals surface area contributed by atoms with E-state index in [4.69, 9.17) is 9.31 Å². The average Bonchev–Trinajstić information content (AvgIpc) is 2.85. The molecular weight excluding hydrogens is 335 g/mol. The fraction of sp³-hybridized carbons (Fsp3) is 0.609. The first kappa shape index (κ1) is 21.9. The topological polar surface area (TPSA) is 35.5 Å². The maximum atomic E-state index is 13.5. The van der Waals surface area contributed by atoms with Crippen LogP contribution in [0, 0.1) is 5.41 Å². The predicted molar refractivity (Wildman–Crippen MR) is 113 cm³/mol. The van der Waals surface area contributed by atoms with Crippen molar-refractivity contribution in [3.8, 4) is 0 Å². The zero-order valence-electron chi connectivity index (χ0n) is 17.9. The Morgan fingerprint density at radius 2 is 1.59 bits per heavy atom. The van der Waals surface area contributed by atoms with Crippen LogP contribution < -0.4 is 0 Å². The number of hydrogen-bond donors (Lipinski definition) is 0. The Labute approximate surface area is 165 Å². The van der Waals surface area contributed by atoms with E-state index >= 15 is 0 Å². The SMILES string of the molecule is C=C(B1OC(C)(C)C(C)(C)O1)C(C)(CCCCCC)C(=O)c1ccccc1. The summed E-state index contributed by atoms with van der Waals surface area (Å²) in [5.41, 5.74) is -0.158. The molecule has 0 saturated carbocycles. The first-order valence-corrected chi connectivity index (χ1v) is 10.2. The molecule has 2 rings (SSSR count). The number of Topliss-reactive ketones (excluding diaryl/α,β-unsaturated/α-hetero) is 1. The van der Waals surface area contributed by atoms with Gasteiger partial charge in [0.05, 0.1) is 11.2 Å². The molecule has 0 bridgehead atoms. The van der Waals surface area contributed by atoms with Crippen LogP contribution in [0.3, 0.4) is 0 Å². The second kappa shape index (κ2) is 8.32. The van der Waals surface area contributed by atoms with Crippen LogP contribution in [0.25, 0.3) is 0 Å². The zero-order valence-corrected chi connectivity index (χ0v) is 17.9. The summed E-state index contributed by atoms with van der Waals surface area (Å²) in [4.78, 5) is 13.5. The van der Waals surface area contributed by atoms with Crippen molar-refractivity contribution >= 4 is 12.9 Å². The number of allylic oxidation sites excluding steroid dienone is 1. The quantitative estimate of drug-likeness (QED) is 0.302. The Morgan fingerprint density at radius 1 is 1.04 bits per heavy atom. The summed E-state index contributed by atoms with van der Waals surface area (Å²) in [6.07, 6.45) is 5.20. The first-order chi connectivity index (χ1) is 12.5. The molecule has 1 aliphatic heterocycles. The van der Waals surface area contributed by atoms with Gasteiger partial charge in [0.2, 0.25) is 0 Å². The van der Waals surface area contributed by atoms with Crippen molar-refractivity contribution in [3.05, 3.63) is 47.9 Å². The summed E-state index contributed by atoms with van der Waals surface area (Å²) in [6, 6.07) is 9.50. The molecule has 1 heterocycles. The van der Waals surface area contributed by atoms with Crippen LogP contribution in [-0.4, -0.2) is 24.1 Å². The number of benzene rings is 1. The van der Waals surface area contributed by atoms with Crippen LogP contribution in [0.5, 0.6) is 0 Å². The lowest BCUT2D eigenvalue weighted by atomic mass is 9.59. The molecule has 3 nitrogen and oxygen atoms in total. The number of rotatable bonds is 9. The van der Waals surface area contributed by atoms with E-state index in [2.05, 4.69) is 13.5 Å². The molecule has 1 fully saturated rings. The van der Waals surface area contributed by atoms with Crippen LogP contribution in [0.1, 0.15) is 84.0 Å². The highest BCUT2D eigenvalue weighted by atomic mass is 16.7. The van der Waals surface area contributed by atoms with E-state index in [-0.39, 0.29) is 5.78 Å². The maximum absolute atomic E-state index is 13.5. The summed E-state index contributed by atoms with van der Waals surface area (Å²) in [7, 11) is -0.571. The number of ketones is 1. The largest absolute Gasteiger partial charge is 0.490 e. The molecule has 1 saturated heterocycles. The Morgan fingerprint density at radius 3 is 2.11 bits per heavy atom. The molecule has 4 heteroatoms. The van der Waals surface area contributed by atoms with Crippen molar-refractivity contribution in [1.29, 1.82) is 0 Å². The molecule has 1 atom stereocenters. The monoisotopic (exact) mass is 370 g/mol. The van der Waals surface area contributed by atoms with Gasteiger partial charge in [0.15, 0.2) is 5.78 Å². The molecule has 1 aromatic rings. The van der Waals surface area contributed by atoms with E-state index in [1.165, 1.54) is 12.8 Å². The molecule has 0 radical (unpaired) electrons. The number of unbranched alkanes of at least 4 members (excludes halogenated alkanes) is 3. The van der Waals surface area contributed by atoms with Crippen LogP contribution in [0.4, 0.5) is 0 Å². The van der Waals surface area contributed by atoms with Gasteiger partial charge in [-0.3, -0.25) is 4.79 Å². The molecule has 0 aliphatic carbocycles. The lowest BCUT2D eigenvalue weighted by Gasteiger charge is -2.32. The van der Waals surface area contributed by atoms with Gasteiger partial charge in [-0.15, -0.1) is 6.58 Å². The fourth-order valence-electron chi connectivity index (χ4n) is 3.48. The third kappa shape index (κ3) is 4.55. The summed E-state index contributed by atoms with van der Waals surface area (Å²) in [5.74, 6) is 0.0966. The molecule has 0 aromatic heterocycles. The minimum absolute atomic E-state index is 0.0966. The lowest BCUT2D eigenvalue weighted by Crippen LogP contribution is -2.41. The number of hydrogen-bond acceptors (Lipinski definition) is 3. The smallest absolute Gasteiger partial charge is 0.400 e. The van der Waals surface area contributed by atoms with Crippen molar-refractivity contribution in [2.45, 2.75) is 84.8 Å². The standard InChI is InChI=1S/C23H35BO3/c1-8-9-10-14-17-23(7,20(25)19-15-12-11-13-16-19)18(2)24-26-21(3,4)22(5,6)27-24/h11-13,15-16H,2,8-10,14,17H2,1,3-7H3. The summed E-state index contributed by atoms with van der Waals surface area (Å²) < 4.78 is 12.4. The minimum atomic E-state index is -0.712. The fourth-order valence-corrected chi connectivity index (χ4v) is 3.48. The molecule has 27 heavy (non-hydrogen) atoms. The second-order valence-corrected chi connectivity index (χ2v) is 8.95. The van der Waals surface area contributed by atoms with E-state index in [0.717, 1.165) is 24.7 Å². The first-order valence-electron chi connectivity index (χ1n) is 10.2. The molecule has 1 aliphatic rings. The Hall–Kier alpha value is -1.39. The second-order valence-electron chi connectivity index (χ2n) is 8.95. The van der Waals surface area contributed by atoms with Gasteiger partial charge < -0.3 is 9.31 Å². The van der Waals surface area contributed by atoms with Gasteiger partial charge in [-0.2, -0.15) is 0 Å². The molecular formula is C23H35BO3. The highest BCUT2D eigenvalue weighted by molar-refractivity contribution is 6.55. The highest BCUT2D eigenvalue weighted by Gasteiger charge is 2.55. The van der Waals surface area contributed by atoms with Gasteiger partial charge in [-0.1, -0.05) is 62.9 Å².